The lowest BCUT2D eigenvalue weighted by Crippen LogP contribution is -2.44. The van der Waals surface area contributed by atoms with Crippen LogP contribution in [0.4, 0.5) is 5.69 Å². The van der Waals surface area contributed by atoms with Crippen LogP contribution in [0.25, 0.3) is 11.5 Å². The van der Waals surface area contributed by atoms with E-state index in [-0.39, 0.29) is 18.1 Å². The fourth-order valence-electron chi connectivity index (χ4n) is 2.26. The summed E-state index contributed by atoms with van der Waals surface area (Å²) in [5.74, 6) is 0.299. The number of amides is 1. The van der Waals surface area contributed by atoms with Crippen LogP contribution in [0.15, 0.2) is 33.7 Å². The van der Waals surface area contributed by atoms with Gasteiger partial charge in [0, 0.05) is 13.1 Å². The molecule has 0 aliphatic carbocycles. The number of hydrogen-bond acceptors (Lipinski definition) is 6. The minimum atomic E-state index is -0.489. The maximum Gasteiger partial charge on any atom is 0.290 e. The molecule has 0 spiro atoms. The van der Waals surface area contributed by atoms with E-state index in [9.17, 15) is 9.59 Å². The summed E-state index contributed by atoms with van der Waals surface area (Å²) in [4.78, 5) is 25.9. The van der Waals surface area contributed by atoms with Gasteiger partial charge in [0.2, 0.25) is 5.91 Å². The lowest BCUT2D eigenvalue weighted by atomic mass is 10.3. The number of nitrogens with zero attached hydrogens (tertiary/aromatic N) is 3. The molecule has 1 saturated heterocycles. The molecule has 0 unspecified atom stereocenters. The van der Waals surface area contributed by atoms with E-state index in [4.69, 9.17) is 14.9 Å². The smallest absolute Gasteiger partial charge is 0.290 e. The molecule has 0 aromatic carbocycles. The zero-order chi connectivity index (χ0) is 15.5. The Hall–Kier alpha value is -2.61. The van der Waals surface area contributed by atoms with Gasteiger partial charge in [-0.05, 0) is 18.2 Å². The highest BCUT2D eigenvalue weighted by molar-refractivity contribution is 5.76. The van der Waals surface area contributed by atoms with Crippen molar-refractivity contribution in [3.8, 4) is 11.5 Å². The number of nitrogen functional groups attached to an aromatic ring is 1. The van der Waals surface area contributed by atoms with E-state index >= 15 is 0 Å². The van der Waals surface area contributed by atoms with Crippen LogP contribution in [0.3, 0.4) is 0 Å². The summed E-state index contributed by atoms with van der Waals surface area (Å²) in [6.45, 7) is 1.88. The Kier molecular flexibility index (Phi) is 3.92. The van der Waals surface area contributed by atoms with Crippen LogP contribution in [0.1, 0.15) is 0 Å². The lowest BCUT2D eigenvalue weighted by Gasteiger charge is -2.26. The summed E-state index contributed by atoms with van der Waals surface area (Å²) in [5, 5.41) is 4.16. The molecule has 0 saturated carbocycles. The Bertz CT molecular complexity index is 717. The number of furan rings is 1. The Morgan fingerprint density at radius 1 is 1.36 bits per heavy atom. The Balaban J connectivity index is 1.86. The SMILES string of the molecule is Nc1cc(-c2ccco2)nn(CC(=O)N2CCOCC2)c1=O. The third-order valence-electron chi connectivity index (χ3n) is 3.42. The summed E-state index contributed by atoms with van der Waals surface area (Å²) in [6, 6.07) is 4.86. The monoisotopic (exact) mass is 304 g/mol. The number of hydrogen-bond donors (Lipinski definition) is 1. The van der Waals surface area contributed by atoms with Crippen LogP contribution >= 0.6 is 0 Å². The van der Waals surface area contributed by atoms with Gasteiger partial charge in [-0.1, -0.05) is 0 Å². The molecule has 1 fully saturated rings. The highest BCUT2D eigenvalue weighted by Gasteiger charge is 2.19. The van der Waals surface area contributed by atoms with E-state index in [1.807, 2.05) is 0 Å². The maximum atomic E-state index is 12.2. The second-order valence-electron chi connectivity index (χ2n) is 4.92. The zero-order valence-corrected chi connectivity index (χ0v) is 11.9. The van der Waals surface area contributed by atoms with E-state index in [0.29, 0.717) is 37.8 Å². The number of rotatable bonds is 3. The molecule has 8 nitrogen and oxygen atoms in total. The molecule has 22 heavy (non-hydrogen) atoms. The predicted molar refractivity (Wildman–Crippen MR) is 78.0 cm³/mol. The van der Waals surface area contributed by atoms with E-state index in [0.717, 1.165) is 4.68 Å². The first-order valence-corrected chi connectivity index (χ1v) is 6.92. The van der Waals surface area contributed by atoms with Crippen molar-refractivity contribution in [2.24, 2.45) is 0 Å². The van der Waals surface area contributed by atoms with Crippen molar-refractivity contribution >= 4 is 11.6 Å². The number of aromatic nitrogens is 2. The van der Waals surface area contributed by atoms with Gasteiger partial charge >= 0.3 is 0 Å². The summed E-state index contributed by atoms with van der Waals surface area (Å²) in [5.41, 5.74) is 5.67. The fourth-order valence-corrected chi connectivity index (χ4v) is 2.26. The van der Waals surface area contributed by atoms with Crippen LogP contribution < -0.4 is 11.3 Å². The van der Waals surface area contributed by atoms with E-state index in [1.54, 1.807) is 17.0 Å². The number of morpholine rings is 1. The third kappa shape index (κ3) is 2.86. The molecule has 3 rings (SSSR count). The van der Waals surface area contributed by atoms with Gasteiger partial charge in [0.1, 0.15) is 17.9 Å². The molecule has 1 amide bonds. The first kappa shape index (κ1) is 14.3. The van der Waals surface area contributed by atoms with E-state index in [1.165, 1.54) is 12.3 Å². The first-order chi connectivity index (χ1) is 10.6. The number of ether oxygens (including phenoxy) is 1. The number of nitrogens with two attached hydrogens (primary N) is 1. The summed E-state index contributed by atoms with van der Waals surface area (Å²) < 4.78 is 11.5. The first-order valence-electron chi connectivity index (χ1n) is 6.92. The highest BCUT2D eigenvalue weighted by Crippen LogP contribution is 2.17. The third-order valence-corrected chi connectivity index (χ3v) is 3.42. The van der Waals surface area contributed by atoms with Gasteiger partial charge < -0.3 is 19.8 Å². The molecular weight excluding hydrogens is 288 g/mol. The fraction of sp³-hybridized carbons (Fsp3) is 0.357. The van der Waals surface area contributed by atoms with Gasteiger partial charge in [0.25, 0.3) is 5.56 Å². The average molecular weight is 304 g/mol. The molecule has 0 bridgehead atoms. The molecule has 116 valence electrons. The minimum Gasteiger partial charge on any atom is -0.463 e. The number of carbonyl (C=O) groups excluding carboxylic acids is 1. The summed E-state index contributed by atoms with van der Waals surface area (Å²) in [7, 11) is 0. The Labute approximate surface area is 126 Å². The van der Waals surface area contributed by atoms with Crippen LogP contribution in [-0.2, 0) is 16.1 Å². The molecule has 1 aliphatic rings. The predicted octanol–water partition coefficient (Wildman–Crippen LogP) is -0.0557. The number of carbonyl (C=O) groups is 1. The van der Waals surface area contributed by atoms with Gasteiger partial charge in [0.15, 0.2) is 5.76 Å². The van der Waals surface area contributed by atoms with Crippen LogP contribution in [0.5, 0.6) is 0 Å². The number of anilines is 1. The maximum absolute atomic E-state index is 12.2. The largest absolute Gasteiger partial charge is 0.463 e. The van der Waals surface area contributed by atoms with Crippen molar-refractivity contribution in [2.75, 3.05) is 32.0 Å². The van der Waals surface area contributed by atoms with Crippen LogP contribution in [0, 0.1) is 0 Å². The molecule has 8 heteroatoms. The Morgan fingerprint density at radius 2 is 2.14 bits per heavy atom. The van der Waals surface area contributed by atoms with Gasteiger partial charge in [0.05, 0.1) is 19.5 Å². The van der Waals surface area contributed by atoms with Gasteiger partial charge in [-0.25, -0.2) is 4.68 Å². The van der Waals surface area contributed by atoms with Gasteiger partial charge in [-0.2, -0.15) is 5.10 Å². The summed E-state index contributed by atoms with van der Waals surface area (Å²) >= 11 is 0. The summed E-state index contributed by atoms with van der Waals surface area (Å²) in [6.07, 6.45) is 1.50. The van der Waals surface area contributed by atoms with Crippen molar-refractivity contribution in [2.45, 2.75) is 6.54 Å². The Morgan fingerprint density at radius 3 is 2.82 bits per heavy atom. The molecular formula is C14H16N4O4. The molecule has 2 aromatic rings. The quantitative estimate of drug-likeness (QED) is 0.852. The van der Waals surface area contributed by atoms with Crippen molar-refractivity contribution < 1.29 is 13.9 Å². The standard InChI is InChI=1S/C14H16N4O4/c15-10-8-11(12-2-1-5-22-12)16-18(14(10)20)9-13(19)17-3-6-21-7-4-17/h1-2,5,8H,3-4,6-7,9,15H2. The normalized spacial score (nSPS) is 15.0. The highest BCUT2D eigenvalue weighted by atomic mass is 16.5. The van der Waals surface area contributed by atoms with Crippen molar-refractivity contribution in [3.05, 3.63) is 34.8 Å². The second-order valence-corrected chi connectivity index (χ2v) is 4.92. The topological polar surface area (TPSA) is 104 Å². The van der Waals surface area contributed by atoms with Crippen molar-refractivity contribution in [1.82, 2.24) is 14.7 Å². The van der Waals surface area contributed by atoms with Crippen molar-refractivity contribution in [3.63, 3.8) is 0 Å². The molecule has 1 aliphatic heterocycles. The minimum absolute atomic E-state index is 0.0242. The molecule has 3 heterocycles. The van der Waals surface area contributed by atoms with Crippen LogP contribution in [0.2, 0.25) is 0 Å². The second kappa shape index (κ2) is 6.02. The van der Waals surface area contributed by atoms with Crippen molar-refractivity contribution in [1.29, 1.82) is 0 Å². The molecule has 0 radical (unpaired) electrons. The lowest BCUT2D eigenvalue weighted by molar-refractivity contribution is -0.136. The average Bonchev–Trinajstić information content (AvgIpc) is 3.07. The van der Waals surface area contributed by atoms with E-state index < -0.39 is 5.56 Å². The molecule has 2 N–H and O–H groups in total. The molecule has 0 atom stereocenters. The van der Waals surface area contributed by atoms with Gasteiger partial charge in [-0.3, -0.25) is 9.59 Å². The molecule has 2 aromatic heterocycles. The van der Waals surface area contributed by atoms with Gasteiger partial charge in [-0.15, -0.1) is 0 Å². The zero-order valence-electron chi connectivity index (χ0n) is 11.9. The van der Waals surface area contributed by atoms with Crippen LogP contribution in [-0.4, -0.2) is 46.9 Å². The van der Waals surface area contributed by atoms with E-state index in [2.05, 4.69) is 5.10 Å².